The van der Waals surface area contributed by atoms with Gasteiger partial charge in [-0.05, 0) is 17.4 Å². The summed E-state index contributed by atoms with van der Waals surface area (Å²) in [5, 5.41) is 0. The Hall–Kier alpha value is 0.180. The van der Waals surface area contributed by atoms with Crippen LogP contribution in [0.3, 0.4) is 0 Å². The third-order valence-electron chi connectivity index (χ3n) is 0.835. The molecule has 0 radical (unpaired) electrons. The summed E-state index contributed by atoms with van der Waals surface area (Å²) in [4.78, 5) is 2.13. The molecule has 7 heavy (non-hydrogen) atoms. The minimum atomic E-state index is 0.960. The molecule has 0 unspecified atom stereocenters. The van der Waals surface area contributed by atoms with E-state index in [-0.39, 0.29) is 0 Å². The lowest BCUT2D eigenvalue weighted by Gasteiger charge is -1.78. The zero-order chi connectivity index (χ0) is 5.28. The number of rotatable bonds is 0. The summed E-state index contributed by atoms with van der Waals surface area (Å²) in [5.41, 5.74) is 0. The molecule has 0 saturated heterocycles. The Morgan fingerprint density at radius 3 is 2.29 bits per heavy atom. The van der Waals surface area contributed by atoms with Gasteiger partial charge in [-0.25, -0.2) is 0 Å². The Balaban J connectivity index is 2.69. The standard InChI is InChI=1S/C5H6S2/c6-4-1-2-5(7)3-4/h1,3,6-7H,2H2. The van der Waals surface area contributed by atoms with Gasteiger partial charge in [-0.3, -0.25) is 0 Å². The van der Waals surface area contributed by atoms with Crippen molar-refractivity contribution in [1.29, 1.82) is 0 Å². The van der Waals surface area contributed by atoms with Crippen LogP contribution in [-0.4, -0.2) is 0 Å². The topological polar surface area (TPSA) is 0 Å². The zero-order valence-corrected chi connectivity index (χ0v) is 5.55. The Morgan fingerprint density at radius 2 is 2.14 bits per heavy atom. The van der Waals surface area contributed by atoms with E-state index in [1.807, 2.05) is 12.2 Å². The van der Waals surface area contributed by atoms with Gasteiger partial charge < -0.3 is 0 Å². The van der Waals surface area contributed by atoms with Crippen molar-refractivity contribution in [3.8, 4) is 0 Å². The van der Waals surface area contributed by atoms with E-state index in [4.69, 9.17) is 0 Å². The normalized spacial score (nSPS) is 19.1. The first-order valence-electron chi connectivity index (χ1n) is 2.08. The van der Waals surface area contributed by atoms with Crippen molar-refractivity contribution in [3.05, 3.63) is 22.0 Å². The van der Waals surface area contributed by atoms with Gasteiger partial charge in [-0.2, -0.15) is 0 Å². The van der Waals surface area contributed by atoms with Crippen LogP contribution in [0.1, 0.15) is 6.42 Å². The summed E-state index contributed by atoms with van der Waals surface area (Å²) < 4.78 is 0. The monoisotopic (exact) mass is 130 g/mol. The Labute approximate surface area is 54.1 Å². The molecule has 1 aliphatic rings. The second-order valence-corrected chi connectivity index (χ2v) is 2.56. The van der Waals surface area contributed by atoms with Crippen LogP contribution in [0.15, 0.2) is 22.0 Å². The molecule has 2 heteroatoms. The summed E-state index contributed by atoms with van der Waals surface area (Å²) in [6.07, 6.45) is 4.94. The van der Waals surface area contributed by atoms with Gasteiger partial charge in [0.2, 0.25) is 0 Å². The predicted octanol–water partition coefficient (Wildman–Crippen LogP) is 2.02. The molecule has 0 aromatic heterocycles. The lowest BCUT2D eigenvalue weighted by molar-refractivity contribution is 1.42. The predicted molar refractivity (Wildman–Crippen MR) is 38.8 cm³/mol. The largest absolute Gasteiger partial charge is 0.148 e. The van der Waals surface area contributed by atoms with Crippen molar-refractivity contribution in [2.75, 3.05) is 0 Å². The first-order chi connectivity index (χ1) is 3.29. The number of hydrogen-bond donors (Lipinski definition) is 2. The SMILES string of the molecule is SC1=CCC(S)=C1. The van der Waals surface area contributed by atoms with Crippen molar-refractivity contribution < 1.29 is 0 Å². The molecule has 0 spiro atoms. The zero-order valence-electron chi connectivity index (χ0n) is 3.76. The molecule has 0 aromatic carbocycles. The highest BCUT2D eigenvalue weighted by molar-refractivity contribution is 7.86. The van der Waals surface area contributed by atoms with Gasteiger partial charge in [0.25, 0.3) is 0 Å². The van der Waals surface area contributed by atoms with Crippen molar-refractivity contribution in [1.82, 2.24) is 0 Å². The molecular formula is C5H6S2. The quantitative estimate of drug-likeness (QED) is 0.460. The number of thiol groups is 2. The van der Waals surface area contributed by atoms with Crippen LogP contribution in [0.5, 0.6) is 0 Å². The molecule has 1 rings (SSSR count). The maximum Gasteiger partial charge on any atom is 0.00114 e. The minimum absolute atomic E-state index is 0.960. The maximum absolute atomic E-state index is 4.11. The fraction of sp³-hybridized carbons (Fsp3) is 0.200. The van der Waals surface area contributed by atoms with Crippen molar-refractivity contribution in [2.24, 2.45) is 0 Å². The summed E-state index contributed by atoms with van der Waals surface area (Å²) >= 11 is 8.20. The van der Waals surface area contributed by atoms with Gasteiger partial charge in [0.05, 0.1) is 0 Å². The van der Waals surface area contributed by atoms with E-state index in [2.05, 4.69) is 25.3 Å². The second-order valence-electron chi connectivity index (χ2n) is 1.47. The maximum atomic E-state index is 4.11. The van der Waals surface area contributed by atoms with Crippen LogP contribution in [0, 0.1) is 0 Å². The lowest BCUT2D eigenvalue weighted by Crippen LogP contribution is -1.53. The minimum Gasteiger partial charge on any atom is -0.148 e. The molecule has 0 heterocycles. The van der Waals surface area contributed by atoms with E-state index < -0.39 is 0 Å². The van der Waals surface area contributed by atoms with Crippen molar-refractivity contribution >= 4 is 25.3 Å². The number of allylic oxidation sites excluding steroid dienone is 3. The summed E-state index contributed by atoms with van der Waals surface area (Å²) in [6.45, 7) is 0. The molecule has 0 saturated carbocycles. The first kappa shape index (κ1) is 5.32. The summed E-state index contributed by atoms with van der Waals surface area (Å²) in [5.74, 6) is 0. The fourth-order valence-electron chi connectivity index (χ4n) is 0.498. The van der Waals surface area contributed by atoms with Crippen molar-refractivity contribution in [2.45, 2.75) is 6.42 Å². The highest BCUT2D eigenvalue weighted by Crippen LogP contribution is 2.21. The molecule has 0 fully saturated rings. The third kappa shape index (κ3) is 1.28. The van der Waals surface area contributed by atoms with Gasteiger partial charge in [0.1, 0.15) is 0 Å². The Kier molecular flexibility index (Phi) is 1.50. The third-order valence-corrected chi connectivity index (χ3v) is 1.46. The van der Waals surface area contributed by atoms with E-state index in [9.17, 15) is 0 Å². The van der Waals surface area contributed by atoms with Crippen LogP contribution >= 0.6 is 25.3 Å². The number of hydrogen-bond acceptors (Lipinski definition) is 2. The molecule has 1 aliphatic carbocycles. The van der Waals surface area contributed by atoms with Crippen LogP contribution in [0.2, 0.25) is 0 Å². The fourth-order valence-corrected chi connectivity index (χ4v) is 1.08. The van der Waals surface area contributed by atoms with Gasteiger partial charge >= 0.3 is 0 Å². The van der Waals surface area contributed by atoms with Gasteiger partial charge in [-0.15, -0.1) is 25.3 Å². The van der Waals surface area contributed by atoms with E-state index in [1.54, 1.807) is 0 Å². The van der Waals surface area contributed by atoms with Crippen LogP contribution in [-0.2, 0) is 0 Å². The van der Waals surface area contributed by atoms with Gasteiger partial charge in [0.15, 0.2) is 0 Å². The molecule has 0 atom stereocenters. The molecular weight excluding hydrogens is 124 g/mol. The molecule has 38 valence electrons. The molecule has 0 amide bonds. The highest BCUT2D eigenvalue weighted by Gasteiger charge is 1.96. The summed E-state index contributed by atoms with van der Waals surface area (Å²) in [7, 11) is 0. The lowest BCUT2D eigenvalue weighted by atomic mass is 10.5. The van der Waals surface area contributed by atoms with Crippen LogP contribution in [0.4, 0.5) is 0 Å². The molecule has 0 aliphatic heterocycles. The van der Waals surface area contributed by atoms with Crippen LogP contribution in [0.25, 0.3) is 0 Å². The molecule has 0 N–H and O–H groups in total. The second kappa shape index (κ2) is 1.97. The summed E-state index contributed by atoms with van der Waals surface area (Å²) in [6, 6.07) is 0. The molecule has 0 nitrogen and oxygen atoms in total. The average Bonchev–Trinajstić information content (AvgIpc) is 1.87. The van der Waals surface area contributed by atoms with E-state index in [1.165, 1.54) is 0 Å². The Morgan fingerprint density at radius 1 is 1.43 bits per heavy atom. The smallest absolute Gasteiger partial charge is 0.00114 e. The van der Waals surface area contributed by atoms with Gasteiger partial charge in [-0.1, -0.05) is 6.08 Å². The average molecular weight is 130 g/mol. The van der Waals surface area contributed by atoms with Crippen molar-refractivity contribution in [3.63, 3.8) is 0 Å². The van der Waals surface area contributed by atoms with E-state index in [0.29, 0.717) is 0 Å². The molecule has 0 aromatic rings. The van der Waals surface area contributed by atoms with Gasteiger partial charge in [0, 0.05) is 4.91 Å². The molecule has 0 bridgehead atoms. The van der Waals surface area contributed by atoms with E-state index >= 15 is 0 Å². The highest BCUT2D eigenvalue weighted by atomic mass is 32.1. The first-order valence-corrected chi connectivity index (χ1v) is 2.97. The Bertz CT molecular complexity index is 133. The van der Waals surface area contributed by atoms with Crippen LogP contribution < -0.4 is 0 Å². The van der Waals surface area contributed by atoms with E-state index in [0.717, 1.165) is 16.2 Å².